The second-order valence-electron chi connectivity index (χ2n) is 2.74. The number of pyridine rings is 1. The number of nitrogens with zero attached hydrogens (tertiary/aromatic N) is 2. The number of rotatable bonds is 1. The van der Waals surface area contributed by atoms with Crippen LogP contribution >= 0.6 is 15.9 Å². The molecule has 0 saturated heterocycles. The van der Waals surface area contributed by atoms with Crippen molar-refractivity contribution in [2.75, 3.05) is 0 Å². The van der Waals surface area contributed by atoms with Gasteiger partial charge in [0.25, 0.3) is 0 Å². The highest BCUT2D eigenvalue weighted by Gasteiger charge is 2.07. The van der Waals surface area contributed by atoms with Crippen LogP contribution in [0.2, 0.25) is 0 Å². The smallest absolute Gasteiger partial charge is 0.166 e. The summed E-state index contributed by atoms with van der Waals surface area (Å²) in [5.41, 5.74) is 1.54. The molecule has 0 unspecified atom stereocenters. The molecule has 0 N–H and O–H groups in total. The van der Waals surface area contributed by atoms with E-state index in [1.54, 1.807) is 6.07 Å². The summed E-state index contributed by atoms with van der Waals surface area (Å²) in [6.45, 7) is 1.87. The molecule has 2 rings (SSSR count). The lowest BCUT2D eigenvalue weighted by atomic mass is 10.3. The van der Waals surface area contributed by atoms with Gasteiger partial charge in [0, 0.05) is 0 Å². The van der Waals surface area contributed by atoms with Gasteiger partial charge in [-0.2, -0.15) is 0 Å². The van der Waals surface area contributed by atoms with Crippen molar-refractivity contribution in [3.05, 3.63) is 34.3 Å². The first-order valence-electron chi connectivity index (χ1n) is 3.83. The lowest BCUT2D eigenvalue weighted by Crippen LogP contribution is -1.96. The largest absolute Gasteiger partial charge is 0.296 e. The van der Waals surface area contributed by atoms with Crippen LogP contribution in [0.5, 0.6) is 0 Å². The Bertz CT molecular complexity index is 476. The monoisotopic (exact) mass is 238 g/mol. The second-order valence-corrected chi connectivity index (χ2v) is 3.49. The predicted octanol–water partition coefficient (Wildman–Crippen LogP) is 2.22. The van der Waals surface area contributed by atoms with Crippen LogP contribution in [0.4, 0.5) is 0 Å². The molecule has 2 heterocycles. The van der Waals surface area contributed by atoms with Gasteiger partial charge in [0.1, 0.15) is 10.4 Å². The van der Waals surface area contributed by atoms with Crippen molar-refractivity contribution in [1.82, 2.24) is 9.38 Å². The number of fused-ring (bicyclic) bond motifs is 1. The zero-order valence-electron chi connectivity index (χ0n) is 6.99. The highest BCUT2D eigenvalue weighted by Crippen LogP contribution is 2.19. The summed E-state index contributed by atoms with van der Waals surface area (Å²) in [6.07, 6.45) is 0.827. The minimum atomic E-state index is 0.619. The molecule has 0 radical (unpaired) electrons. The van der Waals surface area contributed by atoms with Gasteiger partial charge in [0.15, 0.2) is 6.29 Å². The molecule has 2 aromatic rings. The van der Waals surface area contributed by atoms with Crippen molar-refractivity contribution >= 4 is 27.7 Å². The van der Waals surface area contributed by atoms with Crippen molar-refractivity contribution in [2.45, 2.75) is 6.92 Å². The van der Waals surface area contributed by atoms with E-state index in [0.717, 1.165) is 22.2 Å². The van der Waals surface area contributed by atoms with E-state index < -0.39 is 0 Å². The fourth-order valence-corrected chi connectivity index (χ4v) is 1.96. The Hall–Kier alpha value is -1.16. The molecule has 4 heteroatoms. The molecule has 0 aliphatic rings. The van der Waals surface area contributed by atoms with Crippen LogP contribution in [0.1, 0.15) is 16.3 Å². The molecule has 0 bridgehead atoms. The molecule has 3 nitrogen and oxygen atoms in total. The van der Waals surface area contributed by atoms with Crippen LogP contribution in [0.25, 0.3) is 5.52 Å². The average Bonchev–Trinajstić information content (AvgIpc) is 2.43. The Morgan fingerprint density at radius 3 is 3.00 bits per heavy atom. The van der Waals surface area contributed by atoms with Gasteiger partial charge in [0.2, 0.25) is 0 Å². The molecular weight excluding hydrogens is 232 g/mol. The Kier molecular flexibility index (Phi) is 1.92. The summed E-state index contributed by atoms with van der Waals surface area (Å²) >= 11 is 3.33. The summed E-state index contributed by atoms with van der Waals surface area (Å²) in [4.78, 5) is 14.9. The number of carbonyl (C=O) groups is 1. The molecule has 0 amide bonds. The summed E-state index contributed by atoms with van der Waals surface area (Å²) in [6, 6.07) is 5.52. The van der Waals surface area contributed by atoms with E-state index in [9.17, 15) is 4.79 Å². The quantitative estimate of drug-likeness (QED) is 0.715. The third-order valence-electron chi connectivity index (χ3n) is 1.94. The zero-order chi connectivity index (χ0) is 9.42. The van der Waals surface area contributed by atoms with Gasteiger partial charge in [0.05, 0.1) is 11.2 Å². The van der Waals surface area contributed by atoms with E-state index in [1.807, 2.05) is 23.5 Å². The van der Waals surface area contributed by atoms with Gasteiger partial charge < -0.3 is 0 Å². The molecule has 0 aliphatic heterocycles. The fourth-order valence-electron chi connectivity index (χ4n) is 1.39. The maximum Gasteiger partial charge on any atom is 0.166 e. The molecule has 0 atom stereocenters. The van der Waals surface area contributed by atoms with Crippen LogP contribution < -0.4 is 0 Å². The number of aryl methyl sites for hydroxylation is 1. The van der Waals surface area contributed by atoms with Gasteiger partial charge in [-0.25, -0.2) is 4.98 Å². The van der Waals surface area contributed by atoms with Crippen molar-refractivity contribution in [3.63, 3.8) is 0 Å². The van der Waals surface area contributed by atoms with E-state index in [0.29, 0.717) is 5.69 Å². The average molecular weight is 239 g/mol. The van der Waals surface area contributed by atoms with Gasteiger partial charge in [-0.05, 0) is 35.0 Å². The molecule has 0 aromatic carbocycles. The van der Waals surface area contributed by atoms with Gasteiger partial charge in [-0.15, -0.1) is 0 Å². The lowest BCUT2D eigenvalue weighted by Gasteiger charge is -1.98. The first kappa shape index (κ1) is 8.44. The molecular formula is C9H7BrN2O. The summed E-state index contributed by atoms with van der Waals surface area (Å²) in [7, 11) is 0. The van der Waals surface area contributed by atoms with E-state index in [1.165, 1.54) is 0 Å². The third-order valence-corrected chi connectivity index (χ3v) is 2.52. The van der Waals surface area contributed by atoms with Gasteiger partial charge >= 0.3 is 0 Å². The van der Waals surface area contributed by atoms with Crippen molar-refractivity contribution in [2.24, 2.45) is 0 Å². The first-order chi connectivity index (χ1) is 6.24. The number of aromatic nitrogens is 2. The minimum absolute atomic E-state index is 0.619. The number of hydrogen-bond acceptors (Lipinski definition) is 2. The van der Waals surface area contributed by atoms with Crippen molar-refractivity contribution in [1.29, 1.82) is 0 Å². The normalized spacial score (nSPS) is 10.6. The molecule has 13 heavy (non-hydrogen) atoms. The van der Waals surface area contributed by atoms with E-state index >= 15 is 0 Å². The van der Waals surface area contributed by atoms with E-state index in [-0.39, 0.29) is 0 Å². The van der Waals surface area contributed by atoms with E-state index in [4.69, 9.17) is 0 Å². The Morgan fingerprint density at radius 1 is 1.54 bits per heavy atom. The number of imidazole rings is 1. The number of aldehydes is 1. The van der Waals surface area contributed by atoms with Gasteiger partial charge in [-0.1, -0.05) is 6.07 Å². The maximum atomic E-state index is 10.7. The van der Waals surface area contributed by atoms with E-state index in [2.05, 4.69) is 20.9 Å². The lowest BCUT2D eigenvalue weighted by molar-refractivity contribution is 0.111. The third kappa shape index (κ3) is 1.18. The standard InChI is InChI=1S/C9H7BrN2O/c1-6-11-9(10)8-4-2-3-7(5-13)12(6)8/h2-5H,1H3. The van der Waals surface area contributed by atoms with Crippen LogP contribution in [0.3, 0.4) is 0 Å². The minimum Gasteiger partial charge on any atom is -0.296 e. The summed E-state index contributed by atoms with van der Waals surface area (Å²) in [5, 5.41) is 0. The molecule has 66 valence electrons. The molecule has 0 saturated carbocycles. The predicted molar refractivity (Wildman–Crippen MR) is 53.0 cm³/mol. The second kappa shape index (κ2) is 2.96. The highest BCUT2D eigenvalue weighted by molar-refractivity contribution is 9.10. The molecule has 0 aliphatic carbocycles. The Morgan fingerprint density at radius 2 is 2.31 bits per heavy atom. The van der Waals surface area contributed by atoms with Gasteiger partial charge in [-0.3, -0.25) is 9.20 Å². The van der Waals surface area contributed by atoms with Crippen molar-refractivity contribution in [3.8, 4) is 0 Å². The number of hydrogen-bond donors (Lipinski definition) is 0. The SMILES string of the molecule is Cc1nc(Br)c2cccc(C=O)n12. The molecule has 0 fully saturated rings. The zero-order valence-corrected chi connectivity index (χ0v) is 8.58. The number of carbonyl (C=O) groups excluding carboxylic acids is 1. The van der Waals surface area contributed by atoms with Crippen molar-refractivity contribution < 1.29 is 4.79 Å². The molecule has 0 spiro atoms. The fraction of sp³-hybridized carbons (Fsp3) is 0.111. The Labute approximate surface area is 83.5 Å². The van der Waals surface area contributed by atoms with Crippen LogP contribution in [0.15, 0.2) is 22.8 Å². The highest BCUT2D eigenvalue weighted by atomic mass is 79.9. The van der Waals surface area contributed by atoms with Crippen LogP contribution in [-0.2, 0) is 0 Å². The maximum absolute atomic E-state index is 10.7. The Balaban J connectivity index is 2.96. The summed E-state index contributed by atoms with van der Waals surface area (Å²) in [5.74, 6) is 0.810. The number of halogens is 1. The first-order valence-corrected chi connectivity index (χ1v) is 4.62. The summed E-state index contributed by atoms with van der Waals surface area (Å²) < 4.78 is 2.59. The molecule has 2 aromatic heterocycles. The van der Waals surface area contributed by atoms with Crippen LogP contribution in [-0.4, -0.2) is 15.7 Å². The van der Waals surface area contributed by atoms with Crippen LogP contribution in [0, 0.1) is 6.92 Å². The topological polar surface area (TPSA) is 34.4 Å².